The highest BCUT2D eigenvalue weighted by atomic mass is 35.5. The molecule has 3 heterocycles. The van der Waals surface area contributed by atoms with E-state index in [9.17, 15) is 19.5 Å². The molecule has 3 rings (SSSR count). The summed E-state index contributed by atoms with van der Waals surface area (Å²) in [7, 11) is 0. The number of anilines is 1. The van der Waals surface area contributed by atoms with Gasteiger partial charge in [-0.1, -0.05) is 32.5 Å². The molecule has 41 heavy (non-hydrogen) atoms. The minimum Gasteiger partial charge on any atom is -0.462 e. The number of hydrogen-bond donors (Lipinski definition) is 4. The maximum absolute atomic E-state index is 12.4. The molecule has 6 atom stereocenters. The Kier molecular flexibility index (Phi) is 11.4. The Labute approximate surface area is 251 Å². The molecule has 18 heteroatoms. The van der Waals surface area contributed by atoms with Crippen LogP contribution in [0, 0.1) is 5.41 Å². The molecule has 1 aliphatic heterocycles. The number of carbonyl (C=O) groups excluding carboxylic acids is 2. The fourth-order valence-corrected chi connectivity index (χ4v) is 7.22. The number of thioether (sulfide) groups is 1. The number of ether oxygens (including phenoxy) is 2. The average Bonchev–Trinajstić information content (AvgIpc) is 3.40. The summed E-state index contributed by atoms with van der Waals surface area (Å²) in [4.78, 5) is 47.4. The number of aliphatic hydroxyl groups is 1. The number of aromatic nitrogens is 4. The number of H-pyrrole nitrogens is 1. The summed E-state index contributed by atoms with van der Waals surface area (Å²) in [5.74, 6) is -0.363. The molecule has 1 saturated heterocycles. The van der Waals surface area contributed by atoms with Crippen LogP contribution in [0.1, 0.15) is 47.8 Å². The number of imidazole rings is 1. The Morgan fingerprint density at radius 1 is 1.37 bits per heavy atom. The molecular formula is C23H36ClN6O8PS2. The van der Waals surface area contributed by atoms with Gasteiger partial charge in [-0.3, -0.25) is 23.9 Å². The second kappa shape index (κ2) is 13.8. The molecule has 1 aliphatic rings. The quantitative estimate of drug-likeness (QED) is 0.112. The van der Waals surface area contributed by atoms with Crippen molar-refractivity contribution in [2.24, 2.45) is 5.41 Å². The van der Waals surface area contributed by atoms with E-state index in [0.717, 1.165) is 11.8 Å². The molecule has 0 unspecified atom stereocenters. The van der Waals surface area contributed by atoms with E-state index in [-0.39, 0.29) is 41.5 Å². The highest BCUT2D eigenvalue weighted by molar-refractivity contribution is 8.13. The molecule has 1 fully saturated rings. The first-order chi connectivity index (χ1) is 19.0. The van der Waals surface area contributed by atoms with Gasteiger partial charge in [0.15, 0.2) is 22.5 Å². The number of aromatic amines is 1. The Morgan fingerprint density at radius 3 is 2.68 bits per heavy atom. The van der Waals surface area contributed by atoms with Crippen molar-refractivity contribution in [3.05, 3.63) is 16.7 Å². The fraction of sp³-hybridized carbons (Fsp3) is 0.696. The van der Waals surface area contributed by atoms with Gasteiger partial charge in [0.25, 0.3) is 12.2 Å². The lowest BCUT2D eigenvalue weighted by Gasteiger charge is -2.28. The van der Waals surface area contributed by atoms with Gasteiger partial charge in [0.05, 0.1) is 25.6 Å². The molecule has 0 saturated carbocycles. The predicted molar refractivity (Wildman–Crippen MR) is 159 cm³/mol. The SMILES string of the molecule is CC(C)OC(=O)[C@@H](C)N[P@@](=S)(OCCSC(=O)C(C)(C)C)OC[C@H]1O[C@@H](n2cnc3c(=O)[nH]c(N)nc32)[C@@H](Cl)[C@@H]1O. The lowest BCUT2D eigenvalue weighted by atomic mass is 10.00. The maximum atomic E-state index is 12.4. The fourth-order valence-electron chi connectivity index (χ4n) is 3.61. The highest BCUT2D eigenvalue weighted by Gasteiger charge is 2.45. The first kappa shape index (κ1) is 33.9. The minimum absolute atomic E-state index is 0.0101. The Morgan fingerprint density at radius 2 is 2.05 bits per heavy atom. The van der Waals surface area contributed by atoms with Crippen LogP contribution in [-0.4, -0.2) is 84.4 Å². The molecule has 230 valence electrons. The molecular weight excluding hydrogens is 619 g/mol. The lowest BCUT2D eigenvalue weighted by Crippen LogP contribution is -2.37. The lowest BCUT2D eigenvalue weighted by molar-refractivity contribution is -0.149. The van der Waals surface area contributed by atoms with E-state index in [1.54, 1.807) is 20.8 Å². The van der Waals surface area contributed by atoms with Crippen molar-refractivity contribution in [2.75, 3.05) is 24.7 Å². The van der Waals surface area contributed by atoms with Crippen LogP contribution in [0.4, 0.5) is 5.95 Å². The second-order valence-electron chi connectivity index (χ2n) is 10.6. The molecule has 0 spiro atoms. The van der Waals surface area contributed by atoms with E-state index >= 15 is 0 Å². The van der Waals surface area contributed by atoms with Crippen molar-refractivity contribution in [3.8, 4) is 0 Å². The van der Waals surface area contributed by atoms with Crippen LogP contribution in [0.15, 0.2) is 11.1 Å². The van der Waals surface area contributed by atoms with Crippen LogP contribution in [0.3, 0.4) is 0 Å². The van der Waals surface area contributed by atoms with Crippen molar-refractivity contribution in [3.63, 3.8) is 0 Å². The molecule has 0 radical (unpaired) electrons. The molecule has 5 N–H and O–H groups in total. The van der Waals surface area contributed by atoms with Crippen LogP contribution < -0.4 is 16.4 Å². The van der Waals surface area contributed by atoms with Crippen molar-refractivity contribution < 1.29 is 33.2 Å². The number of hydrogen-bond acceptors (Lipinski definition) is 13. The summed E-state index contributed by atoms with van der Waals surface area (Å²) < 4.78 is 24.5. The van der Waals surface area contributed by atoms with Crippen LogP contribution in [0.5, 0.6) is 0 Å². The summed E-state index contributed by atoms with van der Waals surface area (Å²) >= 11 is 13.3. The summed E-state index contributed by atoms with van der Waals surface area (Å²) in [6.07, 6.45) is -2.18. The topological polar surface area (TPSA) is 193 Å². The third-order valence-corrected chi connectivity index (χ3v) is 10.1. The number of nitrogens with two attached hydrogens (primary N) is 1. The van der Waals surface area contributed by atoms with Gasteiger partial charge in [0, 0.05) is 11.2 Å². The largest absolute Gasteiger partial charge is 0.462 e. The number of esters is 1. The minimum atomic E-state index is -3.37. The summed E-state index contributed by atoms with van der Waals surface area (Å²) in [5, 5.41) is 12.8. The van der Waals surface area contributed by atoms with E-state index in [1.165, 1.54) is 10.9 Å². The number of fused-ring (bicyclic) bond motifs is 1. The number of nitrogens with zero attached hydrogens (tertiary/aromatic N) is 3. The van der Waals surface area contributed by atoms with Gasteiger partial charge in [0.2, 0.25) is 5.95 Å². The van der Waals surface area contributed by atoms with Crippen molar-refractivity contribution in [1.29, 1.82) is 0 Å². The first-order valence-corrected chi connectivity index (χ1v) is 16.8. The van der Waals surface area contributed by atoms with E-state index in [4.69, 9.17) is 47.7 Å². The number of rotatable bonds is 12. The summed E-state index contributed by atoms with van der Waals surface area (Å²) in [6.45, 7) is 6.89. The number of carbonyl (C=O) groups is 2. The van der Waals surface area contributed by atoms with E-state index in [0.29, 0.717) is 5.75 Å². The molecule has 0 aromatic carbocycles. The van der Waals surface area contributed by atoms with Gasteiger partial charge in [0.1, 0.15) is 23.6 Å². The van der Waals surface area contributed by atoms with Crippen LogP contribution >= 0.6 is 30.0 Å². The molecule has 2 aromatic heterocycles. The van der Waals surface area contributed by atoms with Crippen molar-refractivity contribution >= 4 is 70.0 Å². The zero-order valence-corrected chi connectivity index (χ0v) is 26.8. The zero-order chi connectivity index (χ0) is 30.7. The predicted octanol–water partition coefficient (Wildman–Crippen LogP) is 2.06. The van der Waals surface area contributed by atoms with E-state index < -0.39 is 53.4 Å². The molecule has 0 aliphatic carbocycles. The van der Waals surface area contributed by atoms with Gasteiger partial charge in [-0.15, -0.1) is 11.6 Å². The second-order valence-corrected chi connectivity index (χ2v) is 15.4. The smallest absolute Gasteiger partial charge is 0.323 e. The standard InChI is InChI=1S/C23H36ClN6O8PS2/c1-11(2)37-20(33)12(3)29-39(40,35-7-8-41-21(34)23(4,5)6)36-9-13-16(31)14(24)19(38-13)30-10-26-15-17(30)27-22(25)28-18(15)32/h10-14,16,19,31H,7-9H2,1-6H3,(H,29,40)(H3,25,27,28,32)/t12-,13-,14+,16-,19-,39-/m1/s1. The monoisotopic (exact) mass is 654 g/mol. The van der Waals surface area contributed by atoms with Crippen LogP contribution in [0.25, 0.3) is 11.2 Å². The third kappa shape index (κ3) is 8.71. The molecule has 2 aromatic rings. The number of nitrogens with one attached hydrogen (secondary N) is 2. The van der Waals surface area contributed by atoms with Crippen molar-refractivity contribution in [1.82, 2.24) is 24.6 Å². The Hall–Kier alpha value is -1.62. The zero-order valence-electron chi connectivity index (χ0n) is 23.5. The van der Waals surface area contributed by atoms with E-state index in [1.807, 2.05) is 20.8 Å². The molecule has 14 nitrogen and oxygen atoms in total. The van der Waals surface area contributed by atoms with Crippen LogP contribution in [-0.2, 0) is 39.9 Å². The first-order valence-electron chi connectivity index (χ1n) is 12.8. The summed E-state index contributed by atoms with van der Waals surface area (Å²) in [6, 6.07) is -0.873. The summed E-state index contributed by atoms with van der Waals surface area (Å²) in [5.41, 5.74) is 4.78. The van der Waals surface area contributed by atoms with Gasteiger partial charge in [-0.05, 0) is 32.6 Å². The van der Waals surface area contributed by atoms with Gasteiger partial charge >= 0.3 is 5.97 Å². The average molecular weight is 655 g/mol. The van der Waals surface area contributed by atoms with Gasteiger partial charge in [-0.2, -0.15) is 4.98 Å². The molecule has 0 bridgehead atoms. The number of alkyl halides is 1. The van der Waals surface area contributed by atoms with E-state index in [2.05, 4.69) is 20.0 Å². The maximum Gasteiger partial charge on any atom is 0.323 e. The highest BCUT2D eigenvalue weighted by Crippen LogP contribution is 2.46. The van der Waals surface area contributed by atoms with Gasteiger partial charge < -0.3 is 29.4 Å². The Bertz CT molecular complexity index is 1350. The van der Waals surface area contributed by atoms with Crippen molar-refractivity contribution in [2.45, 2.75) is 77.5 Å². The normalized spacial score (nSPS) is 23.5. The third-order valence-electron chi connectivity index (χ3n) is 5.67. The number of nitrogen functional groups attached to an aromatic ring is 1. The van der Waals surface area contributed by atoms with Crippen LogP contribution in [0.2, 0.25) is 0 Å². The van der Waals surface area contributed by atoms with Gasteiger partial charge in [-0.25, -0.2) is 10.1 Å². The molecule has 0 amide bonds. The number of halogens is 1. The Balaban J connectivity index is 1.72. The number of aliphatic hydroxyl groups excluding tert-OH is 1.